The zero-order chi connectivity index (χ0) is 22.9. The molecule has 0 unspecified atom stereocenters. The van der Waals surface area contributed by atoms with Crippen LogP contribution in [0.5, 0.6) is 0 Å². The fourth-order valence-electron chi connectivity index (χ4n) is 2.83. The van der Waals surface area contributed by atoms with Crippen molar-refractivity contribution >= 4 is 16.1 Å². The van der Waals surface area contributed by atoms with Gasteiger partial charge < -0.3 is 22.5 Å². The van der Waals surface area contributed by atoms with Gasteiger partial charge in [-0.25, -0.2) is 24.3 Å². The third kappa shape index (κ3) is 22.5. The zero-order valence-electron chi connectivity index (χ0n) is 21.5. The SMILES string of the molecule is CCCCC(=[C-][Si](C)(C)C)C(=[C-][Si](C)(C)C)CCCC.[Zr+4].c1cc[cH-]c1.c1cc[cH-]c1. The van der Waals surface area contributed by atoms with Crippen LogP contribution >= 0.6 is 0 Å². The quantitative estimate of drug-likeness (QED) is 0.172. The monoisotopic (exact) mass is 528 g/mol. The number of hydrogen-bond donors (Lipinski definition) is 0. The predicted molar refractivity (Wildman–Crippen MR) is 143 cm³/mol. The van der Waals surface area contributed by atoms with Gasteiger partial charge in [-0.05, 0) is 16.1 Å². The minimum atomic E-state index is -1.28. The van der Waals surface area contributed by atoms with Gasteiger partial charge in [-0.15, -0.1) is 12.8 Å². The van der Waals surface area contributed by atoms with Crippen LogP contribution < -0.4 is 0 Å². The van der Waals surface area contributed by atoms with E-state index in [9.17, 15) is 0 Å². The molecule has 0 aliphatic heterocycles. The van der Waals surface area contributed by atoms with Crippen molar-refractivity contribution in [2.75, 3.05) is 0 Å². The van der Waals surface area contributed by atoms with E-state index in [0.29, 0.717) is 0 Å². The van der Waals surface area contributed by atoms with Gasteiger partial charge in [0.1, 0.15) is 0 Å². The van der Waals surface area contributed by atoms with Crippen molar-refractivity contribution in [2.24, 2.45) is 0 Å². The molecule has 3 heteroatoms. The van der Waals surface area contributed by atoms with Gasteiger partial charge in [0.05, 0.1) is 0 Å². The zero-order valence-corrected chi connectivity index (χ0v) is 26.0. The summed E-state index contributed by atoms with van der Waals surface area (Å²) in [6, 6.07) is 20.0. The Bertz CT molecular complexity index is 556. The number of allylic oxidation sites excluding steroid dienone is 2. The molecule has 0 spiro atoms. The molecule has 0 fully saturated rings. The van der Waals surface area contributed by atoms with Crippen LogP contribution in [-0.2, 0) is 26.2 Å². The summed E-state index contributed by atoms with van der Waals surface area (Å²) in [4.78, 5) is 0. The van der Waals surface area contributed by atoms with E-state index in [1.165, 1.54) is 49.7 Å². The van der Waals surface area contributed by atoms with E-state index in [-0.39, 0.29) is 26.2 Å². The molecular weight excluding hydrogens is 484 g/mol. The van der Waals surface area contributed by atoms with Crippen molar-refractivity contribution in [3.63, 3.8) is 0 Å². The fraction of sp³-hybridized carbons (Fsp3) is 0.500. The molecule has 0 bridgehead atoms. The maximum atomic E-state index is 3.90. The van der Waals surface area contributed by atoms with Crippen LogP contribution in [0.3, 0.4) is 0 Å². The molecule has 2 rings (SSSR count). The van der Waals surface area contributed by atoms with Gasteiger partial charge in [0.15, 0.2) is 0 Å². The average Bonchev–Trinajstić information content (AvgIpc) is 3.38. The molecule has 2 aromatic rings. The van der Waals surface area contributed by atoms with Crippen molar-refractivity contribution in [1.82, 2.24) is 0 Å². The molecule has 0 saturated carbocycles. The van der Waals surface area contributed by atoms with Crippen molar-refractivity contribution in [2.45, 2.75) is 91.7 Å². The van der Waals surface area contributed by atoms with Crippen LogP contribution in [0.25, 0.3) is 0 Å². The minimum Gasteiger partial charge on any atom is -0.377 e. The normalized spacial score (nSPS) is 12.1. The van der Waals surface area contributed by atoms with Gasteiger partial charge in [-0.3, -0.25) is 0 Å². The Balaban J connectivity index is 0. The molecule has 0 nitrogen and oxygen atoms in total. The molecule has 2 aromatic carbocycles. The first kappa shape index (κ1) is 32.7. The van der Waals surface area contributed by atoms with Crippen LogP contribution in [0.15, 0.2) is 71.8 Å². The third-order valence-electron chi connectivity index (χ3n) is 4.09. The maximum absolute atomic E-state index is 3.90. The second kappa shape index (κ2) is 19.0. The number of unbranched alkanes of at least 4 members (excludes halogenated alkanes) is 2. The summed E-state index contributed by atoms with van der Waals surface area (Å²) in [6.45, 7) is 18.9. The molecule has 0 aliphatic carbocycles. The number of rotatable bonds is 9. The third-order valence-corrected chi connectivity index (χ3v) is 6.19. The Morgan fingerprint density at radius 1 is 0.613 bits per heavy atom. The van der Waals surface area contributed by atoms with E-state index < -0.39 is 16.1 Å². The van der Waals surface area contributed by atoms with Crippen molar-refractivity contribution in [3.05, 3.63) is 83.2 Å². The largest absolute Gasteiger partial charge is 4.00 e. The van der Waals surface area contributed by atoms with Crippen LogP contribution in [0.1, 0.15) is 52.4 Å². The van der Waals surface area contributed by atoms with Gasteiger partial charge in [0.25, 0.3) is 0 Å². The van der Waals surface area contributed by atoms with Crippen molar-refractivity contribution in [3.8, 4) is 0 Å². The Kier molecular flexibility index (Phi) is 20.0. The first-order valence-electron chi connectivity index (χ1n) is 11.7. The average molecular weight is 530 g/mol. The molecule has 0 aromatic heterocycles. The Hall–Kier alpha value is -0.503. The van der Waals surface area contributed by atoms with Gasteiger partial charge in [-0.1, -0.05) is 78.8 Å². The van der Waals surface area contributed by atoms with Crippen LogP contribution in [-0.4, -0.2) is 16.1 Å². The maximum Gasteiger partial charge on any atom is 4.00 e. The summed E-state index contributed by atoms with van der Waals surface area (Å²) in [5.41, 5.74) is 10.8. The molecule has 0 amide bonds. The predicted octanol–water partition coefficient (Wildman–Crippen LogP) is 9.39. The molecule has 170 valence electrons. The van der Waals surface area contributed by atoms with E-state index in [2.05, 4.69) is 64.5 Å². The van der Waals surface area contributed by atoms with E-state index in [0.717, 1.165) is 0 Å². The van der Waals surface area contributed by atoms with E-state index in [4.69, 9.17) is 0 Å². The molecular formula is C28H46Si2Zr. The first-order valence-corrected chi connectivity index (χ1v) is 18.7. The van der Waals surface area contributed by atoms with Gasteiger partial charge in [0.2, 0.25) is 0 Å². The van der Waals surface area contributed by atoms with Crippen LogP contribution in [0.2, 0.25) is 39.3 Å². The molecule has 0 N–H and O–H groups in total. The van der Waals surface area contributed by atoms with E-state index >= 15 is 0 Å². The number of hydrogen-bond acceptors (Lipinski definition) is 0. The van der Waals surface area contributed by atoms with E-state index in [1.54, 1.807) is 0 Å². The molecule has 31 heavy (non-hydrogen) atoms. The minimum absolute atomic E-state index is 0. The fourth-order valence-corrected chi connectivity index (χ4v) is 5.19. The van der Waals surface area contributed by atoms with Gasteiger partial charge in [0, 0.05) is 0 Å². The first-order chi connectivity index (χ1) is 14.1. The second-order valence-corrected chi connectivity index (χ2v) is 19.3. The van der Waals surface area contributed by atoms with Crippen molar-refractivity contribution in [1.29, 1.82) is 0 Å². The molecule has 0 saturated heterocycles. The van der Waals surface area contributed by atoms with Crippen LogP contribution in [0, 0.1) is 11.4 Å². The van der Waals surface area contributed by atoms with Gasteiger partial charge >= 0.3 is 26.2 Å². The summed E-state index contributed by atoms with van der Waals surface area (Å²) in [5.74, 6) is 0. The molecule has 0 radical (unpaired) electrons. The standard InChI is InChI=1S/C18H36Si2.2C5H5.Zr/c1-9-11-13-17(15-19(3,4)5)18(14-12-10-2)16-20(6,7)8;2*1-2-4-5-3-1;/h9-14H2,1-8H3;2*1-5H;/q-2;2*-1;+4. The molecule has 0 heterocycles. The summed E-state index contributed by atoms with van der Waals surface area (Å²) < 4.78 is 0. The Morgan fingerprint density at radius 2 is 0.903 bits per heavy atom. The topological polar surface area (TPSA) is 0 Å². The summed E-state index contributed by atoms with van der Waals surface area (Å²) in [6.07, 6.45) is 7.52. The van der Waals surface area contributed by atoms with Crippen molar-refractivity contribution < 1.29 is 26.2 Å². The summed E-state index contributed by atoms with van der Waals surface area (Å²) in [7, 11) is -2.56. The molecule has 0 aliphatic rings. The summed E-state index contributed by atoms with van der Waals surface area (Å²) >= 11 is 0. The molecule has 0 atom stereocenters. The van der Waals surface area contributed by atoms with Gasteiger partial charge in [-0.2, -0.15) is 36.4 Å². The second-order valence-electron chi connectivity index (χ2n) is 9.84. The van der Waals surface area contributed by atoms with E-state index in [1.807, 2.05) is 60.7 Å². The Labute approximate surface area is 216 Å². The Morgan fingerprint density at radius 3 is 1.06 bits per heavy atom. The van der Waals surface area contributed by atoms with Crippen LogP contribution in [0.4, 0.5) is 0 Å². The smallest absolute Gasteiger partial charge is 0.377 e. The summed E-state index contributed by atoms with van der Waals surface area (Å²) in [5, 5.41) is 0.